The molecule has 0 radical (unpaired) electrons. The van der Waals surface area contributed by atoms with Gasteiger partial charge in [0.2, 0.25) is 0 Å². The minimum absolute atomic E-state index is 0.330. The molecule has 104 valence electrons. The monoisotopic (exact) mass is 266 g/mol. The van der Waals surface area contributed by atoms with Crippen molar-refractivity contribution in [2.24, 2.45) is 0 Å². The summed E-state index contributed by atoms with van der Waals surface area (Å²) in [6.45, 7) is 4.88. The minimum Gasteiger partial charge on any atom is -0.480 e. The van der Waals surface area contributed by atoms with Crippen molar-refractivity contribution in [1.29, 1.82) is 0 Å². The fraction of sp³-hybridized carbons (Fsp3) is 0.500. The Morgan fingerprint density at radius 1 is 1.32 bits per heavy atom. The molecule has 0 aliphatic carbocycles. The lowest BCUT2D eigenvalue weighted by Gasteiger charge is -2.36. The maximum absolute atomic E-state index is 13.1. The Labute approximate surface area is 112 Å². The van der Waals surface area contributed by atoms with Gasteiger partial charge < -0.3 is 10.0 Å². The first kappa shape index (κ1) is 14.0. The molecular formula is C14H19FN2O2. The van der Waals surface area contributed by atoms with E-state index in [1.807, 2.05) is 11.9 Å². The molecule has 1 heterocycles. The number of benzene rings is 1. The zero-order chi connectivity index (χ0) is 14.0. The summed E-state index contributed by atoms with van der Waals surface area (Å²) in [6.07, 6.45) is 0. The molecule has 0 spiro atoms. The van der Waals surface area contributed by atoms with Crippen molar-refractivity contribution in [1.82, 2.24) is 9.80 Å². The van der Waals surface area contributed by atoms with E-state index in [-0.39, 0.29) is 5.82 Å². The third-order valence-electron chi connectivity index (χ3n) is 3.66. The molecule has 5 heteroatoms. The van der Waals surface area contributed by atoms with Gasteiger partial charge in [0.1, 0.15) is 11.9 Å². The van der Waals surface area contributed by atoms with Crippen molar-refractivity contribution in [3.63, 3.8) is 0 Å². The summed E-state index contributed by atoms with van der Waals surface area (Å²) in [7, 11) is 2.02. The lowest BCUT2D eigenvalue weighted by atomic mass is 9.99. The number of carbonyl (C=O) groups is 1. The topological polar surface area (TPSA) is 43.8 Å². The highest BCUT2D eigenvalue weighted by Gasteiger charge is 2.30. The van der Waals surface area contributed by atoms with Gasteiger partial charge in [0, 0.05) is 26.2 Å². The number of hydrogen-bond donors (Lipinski definition) is 1. The van der Waals surface area contributed by atoms with Crippen molar-refractivity contribution in [2.45, 2.75) is 13.0 Å². The summed E-state index contributed by atoms with van der Waals surface area (Å²) < 4.78 is 13.1. The van der Waals surface area contributed by atoms with Crippen LogP contribution in [0.1, 0.15) is 17.2 Å². The van der Waals surface area contributed by atoms with Crippen LogP contribution in [-0.4, -0.2) is 54.1 Å². The van der Waals surface area contributed by atoms with Crippen LogP contribution >= 0.6 is 0 Å². The van der Waals surface area contributed by atoms with Gasteiger partial charge >= 0.3 is 5.97 Å². The Morgan fingerprint density at radius 2 is 1.95 bits per heavy atom. The van der Waals surface area contributed by atoms with Crippen molar-refractivity contribution in [2.75, 3.05) is 33.2 Å². The number of rotatable bonds is 3. The molecule has 0 saturated carbocycles. The summed E-state index contributed by atoms with van der Waals surface area (Å²) in [5, 5.41) is 9.49. The van der Waals surface area contributed by atoms with E-state index in [9.17, 15) is 14.3 Å². The highest BCUT2D eigenvalue weighted by molar-refractivity contribution is 5.76. The van der Waals surface area contributed by atoms with Gasteiger partial charge in [-0.25, -0.2) is 4.39 Å². The molecule has 0 amide bonds. The summed E-state index contributed by atoms with van der Waals surface area (Å²) >= 11 is 0. The Morgan fingerprint density at radius 3 is 2.47 bits per heavy atom. The SMILES string of the molecule is Cc1cc(F)ccc1C(C(=O)O)N1CCN(C)CC1. The van der Waals surface area contributed by atoms with Crippen LogP contribution in [0.2, 0.25) is 0 Å². The van der Waals surface area contributed by atoms with Crippen LogP contribution < -0.4 is 0 Å². The van der Waals surface area contributed by atoms with Crippen molar-refractivity contribution < 1.29 is 14.3 Å². The van der Waals surface area contributed by atoms with Gasteiger partial charge in [-0.05, 0) is 37.2 Å². The molecule has 1 aromatic rings. The van der Waals surface area contributed by atoms with E-state index in [0.717, 1.165) is 13.1 Å². The second-order valence-electron chi connectivity index (χ2n) is 5.08. The van der Waals surface area contributed by atoms with Gasteiger partial charge in [-0.1, -0.05) is 6.07 Å². The third-order valence-corrected chi connectivity index (χ3v) is 3.66. The molecule has 1 atom stereocenters. The zero-order valence-electron chi connectivity index (χ0n) is 11.3. The minimum atomic E-state index is -0.876. The molecule has 0 bridgehead atoms. The highest BCUT2D eigenvalue weighted by Crippen LogP contribution is 2.25. The van der Waals surface area contributed by atoms with E-state index >= 15 is 0 Å². The second-order valence-corrected chi connectivity index (χ2v) is 5.08. The molecule has 4 nitrogen and oxygen atoms in total. The molecule has 2 rings (SSSR count). The molecule has 1 unspecified atom stereocenters. The van der Waals surface area contributed by atoms with Gasteiger partial charge in [-0.3, -0.25) is 9.69 Å². The number of piperazine rings is 1. The lowest BCUT2D eigenvalue weighted by Crippen LogP contribution is -2.47. The van der Waals surface area contributed by atoms with Crippen LogP contribution in [0.5, 0.6) is 0 Å². The van der Waals surface area contributed by atoms with Gasteiger partial charge in [0.05, 0.1) is 0 Å². The van der Waals surface area contributed by atoms with Crippen LogP contribution in [0.25, 0.3) is 0 Å². The molecular weight excluding hydrogens is 247 g/mol. The number of carboxylic acids is 1. The van der Waals surface area contributed by atoms with Gasteiger partial charge in [-0.15, -0.1) is 0 Å². The van der Waals surface area contributed by atoms with Crippen LogP contribution in [0.15, 0.2) is 18.2 Å². The number of likely N-dealkylation sites (N-methyl/N-ethyl adjacent to an activating group) is 1. The fourth-order valence-electron chi connectivity index (χ4n) is 2.51. The van der Waals surface area contributed by atoms with Gasteiger partial charge in [0.25, 0.3) is 0 Å². The predicted octanol–water partition coefficient (Wildman–Crippen LogP) is 1.51. The maximum atomic E-state index is 13.1. The largest absolute Gasteiger partial charge is 0.480 e. The number of halogens is 1. The van der Waals surface area contributed by atoms with Crippen LogP contribution in [0, 0.1) is 12.7 Å². The first-order valence-corrected chi connectivity index (χ1v) is 6.40. The van der Waals surface area contributed by atoms with E-state index < -0.39 is 12.0 Å². The molecule has 0 aromatic heterocycles. The third kappa shape index (κ3) is 3.11. The fourth-order valence-corrected chi connectivity index (χ4v) is 2.51. The first-order valence-electron chi connectivity index (χ1n) is 6.40. The Balaban J connectivity index is 2.27. The van der Waals surface area contributed by atoms with Crippen molar-refractivity contribution in [3.05, 3.63) is 35.1 Å². The van der Waals surface area contributed by atoms with E-state index in [4.69, 9.17) is 0 Å². The molecule has 1 aliphatic heterocycles. The average Bonchev–Trinajstić information content (AvgIpc) is 2.34. The Kier molecular flexibility index (Phi) is 4.17. The normalized spacial score (nSPS) is 19.3. The maximum Gasteiger partial charge on any atom is 0.325 e. The molecule has 1 fully saturated rings. The predicted molar refractivity (Wildman–Crippen MR) is 70.6 cm³/mol. The van der Waals surface area contributed by atoms with Crippen LogP contribution in [0.3, 0.4) is 0 Å². The molecule has 1 saturated heterocycles. The van der Waals surface area contributed by atoms with Crippen molar-refractivity contribution in [3.8, 4) is 0 Å². The van der Waals surface area contributed by atoms with E-state index in [1.165, 1.54) is 12.1 Å². The van der Waals surface area contributed by atoms with Gasteiger partial charge in [-0.2, -0.15) is 0 Å². The smallest absolute Gasteiger partial charge is 0.325 e. The number of carboxylic acid groups (broad SMARTS) is 1. The lowest BCUT2D eigenvalue weighted by molar-refractivity contribution is -0.144. The van der Waals surface area contributed by atoms with Crippen LogP contribution in [0.4, 0.5) is 4.39 Å². The standard InChI is InChI=1S/C14H19FN2O2/c1-10-9-11(15)3-4-12(10)13(14(18)19)17-7-5-16(2)6-8-17/h3-4,9,13H,5-8H2,1-2H3,(H,18,19). The zero-order valence-corrected chi connectivity index (χ0v) is 11.3. The van der Waals surface area contributed by atoms with Crippen LogP contribution in [-0.2, 0) is 4.79 Å². The average molecular weight is 266 g/mol. The Bertz CT molecular complexity index is 471. The van der Waals surface area contributed by atoms with E-state index in [2.05, 4.69) is 4.90 Å². The molecule has 19 heavy (non-hydrogen) atoms. The van der Waals surface area contributed by atoms with E-state index in [0.29, 0.717) is 24.2 Å². The van der Waals surface area contributed by atoms with Gasteiger partial charge in [0.15, 0.2) is 0 Å². The first-order chi connectivity index (χ1) is 8.99. The molecule has 1 N–H and O–H groups in total. The summed E-state index contributed by atoms with van der Waals surface area (Å²) in [5.41, 5.74) is 1.37. The highest BCUT2D eigenvalue weighted by atomic mass is 19.1. The number of aliphatic carboxylic acids is 1. The number of aryl methyl sites for hydroxylation is 1. The summed E-state index contributed by atoms with van der Waals surface area (Å²) in [5.74, 6) is -1.21. The summed E-state index contributed by atoms with van der Waals surface area (Å²) in [4.78, 5) is 15.7. The molecule has 1 aromatic carbocycles. The van der Waals surface area contributed by atoms with Crippen molar-refractivity contribution >= 4 is 5.97 Å². The second kappa shape index (κ2) is 5.67. The summed E-state index contributed by atoms with van der Waals surface area (Å²) in [6, 6.07) is 3.62. The Hall–Kier alpha value is -1.46. The quantitative estimate of drug-likeness (QED) is 0.900. The number of nitrogens with zero attached hydrogens (tertiary/aromatic N) is 2. The van der Waals surface area contributed by atoms with E-state index in [1.54, 1.807) is 13.0 Å². The number of hydrogen-bond acceptors (Lipinski definition) is 3. The molecule has 1 aliphatic rings.